The highest BCUT2D eigenvalue weighted by Gasteiger charge is 2.27. The van der Waals surface area contributed by atoms with Crippen LogP contribution in [0.3, 0.4) is 0 Å². The fourth-order valence-corrected chi connectivity index (χ4v) is 4.74. The van der Waals surface area contributed by atoms with E-state index in [4.69, 9.17) is 4.74 Å². The molecule has 10 heteroatoms. The van der Waals surface area contributed by atoms with Gasteiger partial charge in [0.1, 0.15) is 11.4 Å². The molecule has 2 aromatic carbocycles. The Labute approximate surface area is 211 Å². The maximum Gasteiger partial charge on any atom is 0.293 e. The summed E-state index contributed by atoms with van der Waals surface area (Å²) in [6.07, 6.45) is 1.85. The Morgan fingerprint density at radius 3 is 2.47 bits per heavy atom. The maximum atomic E-state index is 13.0. The molecule has 2 amide bonds. The third-order valence-electron chi connectivity index (χ3n) is 6.75. The van der Waals surface area contributed by atoms with Crippen molar-refractivity contribution in [1.29, 1.82) is 0 Å². The van der Waals surface area contributed by atoms with Gasteiger partial charge < -0.3 is 24.8 Å². The molecule has 0 bridgehead atoms. The van der Waals surface area contributed by atoms with E-state index in [0.29, 0.717) is 69.9 Å². The number of methoxy groups -OCH3 is 1. The molecule has 36 heavy (non-hydrogen) atoms. The number of carbonyl (C=O) groups excluding carboxylic acids is 2. The van der Waals surface area contributed by atoms with Crippen molar-refractivity contribution in [2.45, 2.75) is 19.3 Å². The van der Waals surface area contributed by atoms with Crippen LogP contribution in [0, 0.1) is 10.1 Å². The summed E-state index contributed by atoms with van der Waals surface area (Å²) in [5.41, 5.74) is 1.65. The molecule has 0 saturated carbocycles. The zero-order valence-electron chi connectivity index (χ0n) is 20.6. The van der Waals surface area contributed by atoms with Crippen LogP contribution in [-0.2, 0) is 11.2 Å². The summed E-state index contributed by atoms with van der Waals surface area (Å²) in [4.78, 5) is 42.9. The van der Waals surface area contributed by atoms with Crippen LogP contribution in [0.4, 0.5) is 11.4 Å². The number of amides is 2. The number of hydrogen-bond acceptors (Lipinski definition) is 7. The summed E-state index contributed by atoms with van der Waals surface area (Å²) in [7, 11) is 1.60. The van der Waals surface area contributed by atoms with E-state index in [1.165, 1.54) is 6.07 Å². The summed E-state index contributed by atoms with van der Waals surface area (Å²) >= 11 is 0. The largest absolute Gasteiger partial charge is 0.497 e. The average Bonchev–Trinajstić information content (AvgIpc) is 3.32. The first-order chi connectivity index (χ1) is 17.5. The molecule has 0 radical (unpaired) electrons. The fourth-order valence-electron chi connectivity index (χ4n) is 4.74. The number of rotatable bonds is 6. The van der Waals surface area contributed by atoms with E-state index in [1.54, 1.807) is 24.1 Å². The molecule has 0 unspecified atom stereocenters. The van der Waals surface area contributed by atoms with Gasteiger partial charge in [0.05, 0.1) is 18.5 Å². The predicted molar refractivity (Wildman–Crippen MR) is 137 cm³/mol. The van der Waals surface area contributed by atoms with Crippen LogP contribution in [-0.4, -0.2) is 86.0 Å². The molecule has 0 aliphatic carbocycles. The lowest BCUT2D eigenvalue weighted by Gasteiger charge is -2.24. The molecule has 0 atom stereocenters. The summed E-state index contributed by atoms with van der Waals surface area (Å²) in [6.45, 7) is 4.95. The minimum atomic E-state index is -0.423. The quantitative estimate of drug-likeness (QED) is 0.484. The lowest BCUT2D eigenvalue weighted by Crippen LogP contribution is -2.36. The van der Waals surface area contributed by atoms with Crippen molar-refractivity contribution in [2.24, 2.45) is 0 Å². The van der Waals surface area contributed by atoms with Crippen LogP contribution in [0.25, 0.3) is 0 Å². The Hall–Kier alpha value is -3.66. The molecule has 4 rings (SSSR count). The molecule has 2 fully saturated rings. The molecule has 2 saturated heterocycles. The predicted octanol–water partition coefficient (Wildman–Crippen LogP) is 2.32. The minimum Gasteiger partial charge on any atom is -0.497 e. The number of benzene rings is 2. The second kappa shape index (κ2) is 11.9. The number of anilines is 1. The average molecular weight is 496 g/mol. The van der Waals surface area contributed by atoms with Gasteiger partial charge in [-0.2, -0.15) is 0 Å². The molecular weight excluding hydrogens is 462 g/mol. The number of ether oxygens (including phenoxy) is 1. The number of nitrogens with zero attached hydrogens (tertiary/aromatic N) is 4. The van der Waals surface area contributed by atoms with E-state index in [2.05, 4.69) is 5.32 Å². The Morgan fingerprint density at radius 2 is 1.72 bits per heavy atom. The third kappa shape index (κ3) is 6.12. The second-order valence-corrected chi connectivity index (χ2v) is 9.10. The second-order valence-electron chi connectivity index (χ2n) is 9.10. The molecule has 0 spiro atoms. The van der Waals surface area contributed by atoms with Crippen LogP contribution in [0.2, 0.25) is 0 Å². The SMILES string of the molecule is COc1ccc(CC(=O)N2CCCN(c3ccc(C(=O)N4CCCNCC4)cc3[N+](=O)[O-])CC2)cc1. The zero-order valence-corrected chi connectivity index (χ0v) is 20.6. The standard InChI is InChI=1S/C26H33N5O5/c1-36-22-7-4-20(5-8-22)18-25(32)29-14-3-13-28(16-17-29)23-9-6-21(19-24(23)31(34)35)26(33)30-12-2-10-27-11-15-30/h4-9,19,27H,2-3,10-18H2,1H3. The van der Waals surface area contributed by atoms with Crippen LogP contribution in [0.5, 0.6) is 5.75 Å². The van der Waals surface area contributed by atoms with E-state index in [9.17, 15) is 19.7 Å². The molecule has 2 aromatic rings. The van der Waals surface area contributed by atoms with Gasteiger partial charge in [-0.15, -0.1) is 0 Å². The Balaban J connectivity index is 1.43. The molecule has 2 heterocycles. The van der Waals surface area contributed by atoms with E-state index in [-0.39, 0.29) is 17.5 Å². The van der Waals surface area contributed by atoms with E-state index < -0.39 is 4.92 Å². The fraction of sp³-hybridized carbons (Fsp3) is 0.462. The van der Waals surface area contributed by atoms with Crippen molar-refractivity contribution < 1.29 is 19.2 Å². The number of nitro benzene ring substituents is 1. The van der Waals surface area contributed by atoms with Crippen LogP contribution in [0.15, 0.2) is 42.5 Å². The molecule has 2 aliphatic rings. The Morgan fingerprint density at radius 1 is 0.944 bits per heavy atom. The first-order valence-corrected chi connectivity index (χ1v) is 12.4. The third-order valence-corrected chi connectivity index (χ3v) is 6.75. The van der Waals surface area contributed by atoms with Gasteiger partial charge in [-0.25, -0.2) is 0 Å². The van der Waals surface area contributed by atoms with E-state index in [0.717, 1.165) is 24.3 Å². The van der Waals surface area contributed by atoms with Crippen molar-refractivity contribution in [3.63, 3.8) is 0 Å². The molecule has 2 aliphatic heterocycles. The minimum absolute atomic E-state index is 0.0319. The summed E-state index contributed by atoms with van der Waals surface area (Å²) < 4.78 is 5.17. The molecule has 192 valence electrons. The first kappa shape index (κ1) is 25.4. The van der Waals surface area contributed by atoms with Crippen LogP contribution >= 0.6 is 0 Å². The monoisotopic (exact) mass is 495 g/mol. The first-order valence-electron chi connectivity index (χ1n) is 12.4. The summed E-state index contributed by atoms with van der Waals surface area (Å²) in [5, 5.41) is 15.2. The van der Waals surface area contributed by atoms with E-state index >= 15 is 0 Å². The van der Waals surface area contributed by atoms with Crippen molar-refractivity contribution in [2.75, 3.05) is 64.4 Å². The molecule has 1 N–H and O–H groups in total. The van der Waals surface area contributed by atoms with Crippen molar-refractivity contribution in [3.8, 4) is 5.75 Å². The normalized spacial score (nSPS) is 16.8. The Kier molecular flexibility index (Phi) is 8.37. The van der Waals surface area contributed by atoms with Gasteiger partial charge in [0.15, 0.2) is 0 Å². The van der Waals surface area contributed by atoms with Crippen molar-refractivity contribution >= 4 is 23.2 Å². The smallest absolute Gasteiger partial charge is 0.293 e. The lowest BCUT2D eigenvalue weighted by molar-refractivity contribution is -0.384. The lowest BCUT2D eigenvalue weighted by atomic mass is 10.1. The van der Waals surface area contributed by atoms with Gasteiger partial charge in [-0.1, -0.05) is 12.1 Å². The Bertz CT molecular complexity index is 1080. The number of carbonyl (C=O) groups is 2. The maximum absolute atomic E-state index is 13.0. The van der Waals surface area contributed by atoms with Crippen LogP contribution < -0.4 is 15.0 Å². The number of nitro groups is 1. The number of nitrogens with one attached hydrogen (secondary N) is 1. The van der Waals surface area contributed by atoms with Gasteiger partial charge >= 0.3 is 0 Å². The van der Waals surface area contributed by atoms with Crippen molar-refractivity contribution in [1.82, 2.24) is 15.1 Å². The highest BCUT2D eigenvalue weighted by molar-refractivity contribution is 5.96. The highest BCUT2D eigenvalue weighted by atomic mass is 16.6. The topological polar surface area (TPSA) is 108 Å². The van der Waals surface area contributed by atoms with Gasteiger partial charge in [-0.3, -0.25) is 19.7 Å². The molecule has 0 aromatic heterocycles. The van der Waals surface area contributed by atoms with Gasteiger partial charge in [0, 0.05) is 57.4 Å². The highest BCUT2D eigenvalue weighted by Crippen LogP contribution is 2.31. The van der Waals surface area contributed by atoms with Gasteiger partial charge in [0.25, 0.3) is 11.6 Å². The summed E-state index contributed by atoms with van der Waals surface area (Å²) in [5.74, 6) is 0.596. The van der Waals surface area contributed by atoms with E-state index in [1.807, 2.05) is 34.1 Å². The molecular formula is C26H33N5O5. The summed E-state index contributed by atoms with van der Waals surface area (Å²) in [6, 6.07) is 12.2. The van der Waals surface area contributed by atoms with Crippen molar-refractivity contribution in [3.05, 3.63) is 63.7 Å². The van der Waals surface area contributed by atoms with Gasteiger partial charge in [-0.05, 0) is 49.2 Å². The molecule has 10 nitrogen and oxygen atoms in total. The number of hydrogen-bond donors (Lipinski definition) is 1. The van der Waals surface area contributed by atoms with Crippen LogP contribution in [0.1, 0.15) is 28.8 Å². The van der Waals surface area contributed by atoms with Gasteiger partial charge in [0.2, 0.25) is 5.91 Å². The zero-order chi connectivity index (χ0) is 25.5.